The average molecular weight is 254 g/mol. The molecule has 17 heavy (non-hydrogen) atoms. The van der Waals surface area contributed by atoms with Gasteiger partial charge in [0.25, 0.3) is 0 Å². The van der Waals surface area contributed by atoms with Crippen molar-refractivity contribution in [3.05, 3.63) is 24.3 Å². The molecular weight excluding hydrogens is 236 g/mol. The number of hydrogen-bond acceptors (Lipinski definition) is 3. The number of benzene rings is 1. The van der Waals surface area contributed by atoms with E-state index in [0.717, 1.165) is 18.2 Å². The summed E-state index contributed by atoms with van der Waals surface area (Å²) in [6, 6.07) is 6.89. The van der Waals surface area contributed by atoms with Crippen LogP contribution in [0.25, 0.3) is 0 Å². The van der Waals surface area contributed by atoms with E-state index in [1.165, 1.54) is 12.8 Å². The second kappa shape index (κ2) is 5.06. The number of hydrogen-bond donors (Lipinski definition) is 2. The Morgan fingerprint density at radius 3 is 2.41 bits per heavy atom. The second-order valence-corrected chi connectivity index (χ2v) is 6.12. The number of anilines is 1. The Kier molecular flexibility index (Phi) is 3.69. The Hall–Kier alpha value is -1.07. The molecule has 94 valence electrons. The highest BCUT2D eigenvalue weighted by molar-refractivity contribution is 7.89. The van der Waals surface area contributed by atoms with Crippen molar-refractivity contribution < 1.29 is 8.42 Å². The smallest absolute Gasteiger partial charge is 0.240 e. The van der Waals surface area contributed by atoms with Crippen LogP contribution in [0.5, 0.6) is 0 Å². The van der Waals surface area contributed by atoms with Crippen LogP contribution in [0.2, 0.25) is 0 Å². The van der Waals surface area contributed by atoms with E-state index in [9.17, 15) is 8.42 Å². The minimum atomic E-state index is -3.32. The van der Waals surface area contributed by atoms with Crippen LogP contribution in [-0.4, -0.2) is 21.5 Å². The first kappa shape index (κ1) is 12.4. The molecule has 4 nitrogen and oxygen atoms in total. The van der Waals surface area contributed by atoms with Gasteiger partial charge in [-0.05, 0) is 43.0 Å². The molecular formula is C12H18N2O2S. The first-order chi connectivity index (χ1) is 8.12. The fraction of sp³-hybridized carbons (Fsp3) is 0.500. The van der Waals surface area contributed by atoms with Gasteiger partial charge in [0, 0.05) is 18.8 Å². The van der Waals surface area contributed by atoms with Crippen LogP contribution in [0.1, 0.15) is 19.8 Å². The summed E-state index contributed by atoms with van der Waals surface area (Å²) in [7, 11) is -3.32. The maximum absolute atomic E-state index is 11.7. The first-order valence-corrected chi connectivity index (χ1v) is 7.44. The molecule has 0 saturated heterocycles. The van der Waals surface area contributed by atoms with Crippen LogP contribution in [0.4, 0.5) is 5.69 Å². The zero-order valence-corrected chi connectivity index (χ0v) is 10.8. The predicted molar refractivity (Wildman–Crippen MR) is 68.5 cm³/mol. The third-order valence-electron chi connectivity index (χ3n) is 2.79. The summed E-state index contributed by atoms with van der Waals surface area (Å²) in [5, 5.41) is 3.30. The van der Waals surface area contributed by atoms with Crippen molar-refractivity contribution >= 4 is 15.7 Å². The van der Waals surface area contributed by atoms with Gasteiger partial charge in [0.1, 0.15) is 0 Å². The van der Waals surface area contributed by atoms with Crippen molar-refractivity contribution in [1.29, 1.82) is 0 Å². The molecule has 0 unspecified atom stereocenters. The van der Waals surface area contributed by atoms with Gasteiger partial charge in [0.2, 0.25) is 10.0 Å². The van der Waals surface area contributed by atoms with Crippen LogP contribution in [0.15, 0.2) is 29.2 Å². The monoisotopic (exact) mass is 254 g/mol. The third kappa shape index (κ3) is 3.44. The quantitative estimate of drug-likeness (QED) is 0.814. The lowest BCUT2D eigenvalue weighted by molar-refractivity contribution is 0.584. The molecule has 0 heterocycles. The molecule has 1 saturated carbocycles. The molecule has 0 amide bonds. The summed E-state index contributed by atoms with van der Waals surface area (Å²) < 4.78 is 25.8. The molecule has 0 radical (unpaired) electrons. The molecule has 0 spiro atoms. The van der Waals surface area contributed by atoms with Gasteiger partial charge < -0.3 is 5.32 Å². The topological polar surface area (TPSA) is 58.2 Å². The maximum Gasteiger partial charge on any atom is 0.240 e. The standard InChI is InChI=1S/C12H18N2O2S/c1-2-14-17(15,16)12-7-5-11(6-8-12)13-9-10-3-4-10/h5-8,10,13-14H,2-4,9H2,1H3. The Morgan fingerprint density at radius 1 is 1.24 bits per heavy atom. The van der Waals surface area contributed by atoms with Gasteiger partial charge in [-0.1, -0.05) is 6.92 Å². The summed E-state index contributed by atoms with van der Waals surface area (Å²) in [5.74, 6) is 0.806. The van der Waals surface area contributed by atoms with E-state index in [4.69, 9.17) is 0 Å². The molecule has 1 aliphatic rings. The van der Waals surface area contributed by atoms with E-state index in [1.54, 1.807) is 19.1 Å². The average Bonchev–Trinajstić information content (AvgIpc) is 3.11. The minimum absolute atomic E-state index is 0.316. The minimum Gasteiger partial charge on any atom is -0.385 e. The van der Waals surface area contributed by atoms with E-state index in [2.05, 4.69) is 10.0 Å². The Balaban J connectivity index is 2.01. The van der Waals surface area contributed by atoms with Gasteiger partial charge in [-0.3, -0.25) is 0 Å². The summed E-state index contributed by atoms with van der Waals surface area (Å²) in [4.78, 5) is 0.316. The fourth-order valence-electron chi connectivity index (χ4n) is 1.61. The normalized spacial score (nSPS) is 15.8. The van der Waals surface area contributed by atoms with Crippen LogP contribution >= 0.6 is 0 Å². The van der Waals surface area contributed by atoms with Crippen molar-refractivity contribution in [2.24, 2.45) is 5.92 Å². The second-order valence-electron chi connectivity index (χ2n) is 4.35. The SMILES string of the molecule is CCNS(=O)(=O)c1ccc(NCC2CC2)cc1. The molecule has 0 bridgehead atoms. The molecule has 0 aliphatic heterocycles. The van der Waals surface area contributed by atoms with E-state index < -0.39 is 10.0 Å². The molecule has 1 fully saturated rings. The highest BCUT2D eigenvalue weighted by Gasteiger charge is 2.20. The maximum atomic E-state index is 11.7. The highest BCUT2D eigenvalue weighted by Crippen LogP contribution is 2.29. The lowest BCUT2D eigenvalue weighted by Crippen LogP contribution is -2.23. The molecule has 0 atom stereocenters. The van der Waals surface area contributed by atoms with Gasteiger partial charge in [0.05, 0.1) is 4.90 Å². The molecule has 1 aromatic carbocycles. The lowest BCUT2D eigenvalue weighted by Gasteiger charge is -2.07. The number of sulfonamides is 1. The number of rotatable bonds is 6. The lowest BCUT2D eigenvalue weighted by atomic mass is 10.3. The van der Waals surface area contributed by atoms with Gasteiger partial charge in [0.15, 0.2) is 0 Å². The third-order valence-corrected chi connectivity index (χ3v) is 4.35. The van der Waals surface area contributed by atoms with E-state index >= 15 is 0 Å². The Morgan fingerprint density at radius 2 is 1.88 bits per heavy atom. The van der Waals surface area contributed by atoms with E-state index in [1.807, 2.05) is 12.1 Å². The van der Waals surface area contributed by atoms with E-state index in [-0.39, 0.29) is 0 Å². The molecule has 5 heteroatoms. The zero-order chi connectivity index (χ0) is 12.3. The summed E-state index contributed by atoms with van der Waals surface area (Å²) in [5.41, 5.74) is 0.979. The first-order valence-electron chi connectivity index (χ1n) is 5.95. The largest absolute Gasteiger partial charge is 0.385 e. The van der Waals surface area contributed by atoms with Crippen molar-refractivity contribution in [2.75, 3.05) is 18.4 Å². The zero-order valence-electron chi connectivity index (χ0n) is 9.94. The molecule has 2 rings (SSSR count). The molecule has 0 aromatic heterocycles. The van der Waals surface area contributed by atoms with Gasteiger partial charge >= 0.3 is 0 Å². The van der Waals surface area contributed by atoms with E-state index in [0.29, 0.717) is 11.4 Å². The Bertz CT molecular complexity index is 464. The summed E-state index contributed by atoms with van der Waals surface area (Å²) in [6.45, 7) is 3.16. The van der Waals surface area contributed by atoms with Crippen LogP contribution in [0, 0.1) is 5.92 Å². The van der Waals surface area contributed by atoms with Gasteiger partial charge in [-0.15, -0.1) is 0 Å². The predicted octanol–water partition coefficient (Wildman–Crippen LogP) is 1.81. The van der Waals surface area contributed by atoms with Gasteiger partial charge in [-0.25, -0.2) is 13.1 Å². The van der Waals surface area contributed by atoms with Crippen molar-refractivity contribution in [2.45, 2.75) is 24.7 Å². The van der Waals surface area contributed by atoms with Crippen LogP contribution in [0.3, 0.4) is 0 Å². The highest BCUT2D eigenvalue weighted by atomic mass is 32.2. The molecule has 2 N–H and O–H groups in total. The van der Waals surface area contributed by atoms with Crippen LogP contribution < -0.4 is 10.0 Å². The van der Waals surface area contributed by atoms with Crippen molar-refractivity contribution in [3.8, 4) is 0 Å². The van der Waals surface area contributed by atoms with Crippen molar-refractivity contribution in [1.82, 2.24) is 4.72 Å². The fourth-order valence-corrected chi connectivity index (χ4v) is 2.65. The Labute approximate surface area is 102 Å². The molecule has 1 aliphatic carbocycles. The number of nitrogens with one attached hydrogen (secondary N) is 2. The van der Waals surface area contributed by atoms with Crippen molar-refractivity contribution in [3.63, 3.8) is 0 Å². The molecule has 1 aromatic rings. The van der Waals surface area contributed by atoms with Crippen LogP contribution in [-0.2, 0) is 10.0 Å². The summed E-state index contributed by atoms with van der Waals surface area (Å²) >= 11 is 0. The van der Waals surface area contributed by atoms with Gasteiger partial charge in [-0.2, -0.15) is 0 Å². The summed E-state index contributed by atoms with van der Waals surface area (Å²) in [6.07, 6.45) is 2.61.